The van der Waals surface area contributed by atoms with Gasteiger partial charge in [-0.25, -0.2) is 0 Å². The Morgan fingerprint density at radius 2 is 2.17 bits per heavy atom. The van der Waals surface area contributed by atoms with Crippen molar-refractivity contribution in [2.75, 3.05) is 33.2 Å². The summed E-state index contributed by atoms with van der Waals surface area (Å²) in [5, 5.41) is 3.35. The fourth-order valence-corrected chi connectivity index (χ4v) is 2.63. The maximum absolute atomic E-state index is 11.5. The zero-order valence-electron chi connectivity index (χ0n) is 11.6. The van der Waals surface area contributed by atoms with Crippen LogP contribution in [0.2, 0.25) is 0 Å². The molecule has 0 aromatic heterocycles. The van der Waals surface area contributed by atoms with E-state index in [1.54, 1.807) is 0 Å². The normalized spacial score (nSPS) is 28.2. The molecule has 1 saturated carbocycles. The van der Waals surface area contributed by atoms with E-state index in [0.717, 1.165) is 32.6 Å². The molecule has 2 aliphatic rings. The predicted octanol–water partition coefficient (Wildman–Crippen LogP) is -0.382. The molecule has 0 spiro atoms. The van der Waals surface area contributed by atoms with E-state index in [9.17, 15) is 4.79 Å². The topological polar surface area (TPSA) is 61.6 Å². The van der Waals surface area contributed by atoms with Crippen LogP contribution in [0.3, 0.4) is 0 Å². The van der Waals surface area contributed by atoms with E-state index in [1.165, 1.54) is 12.8 Å². The van der Waals surface area contributed by atoms with Crippen molar-refractivity contribution < 1.29 is 4.79 Å². The monoisotopic (exact) mass is 254 g/mol. The molecule has 5 heteroatoms. The first-order chi connectivity index (χ1) is 8.60. The number of hydrogen-bond donors (Lipinski definition) is 2. The molecule has 2 rings (SSSR count). The summed E-state index contributed by atoms with van der Waals surface area (Å²) in [6.45, 7) is 6.13. The number of carbonyl (C=O) groups is 1. The van der Waals surface area contributed by atoms with Gasteiger partial charge in [0.1, 0.15) is 0 Å². The van der Waals surface area contributed by atoms with Crippen molar-refractivity contribution in [3.8, 4) is 0 Å². The molecule has 1 amide bonds. The van der Waals surface area contributed by atoms with E-state index in [0.29, 0.717) is 12.1 Å². The number of carbonyl (C=O) groups excluding carboxylic acids is 1. The second-order valence-electron chi connectivity index (χ2n) is 5.70. The summed E-state index contributed by atoms with van der Waals surface area (Å²) in [4.78, 5) is 16.3. The Bertz CT molecular complexity index is 293. The summed E-state index contributed by atoms with van der Waals surface area (Å²) >= 11 is 0. The van der Waals surface area contributed by atoms with Crippen molar-refractivity contribution in [1.29, 1.82) is 0 Å². The lowest BCUT2D eigenvalue weighted by atomic mass is 10.1. The quantitative estimate of drug-likeness (QED) is 0.678. The zero-order valence-corrected chi connectivity index (χ0v) is 11.6. The van der Waals surface area contributed by atoms with Crippen molar-refractivity contribution in [2.24, 2.45) is 5.73 Å². The smallest absolute Gasteiger partial charge is 0.235 e. The van der Waals surface area contributed by atoms with Gasteiger partial charge in [0, 0.05) is 38.3 Å². The molecule has 2 unspecified atom stereocenters. The van der Waals surface area contributed by atoms with E-state index in [2.05, 4.69) is 29.1 Å². The molecule has 1 aliphatic carbocycles. The number of nitrogens with zero attached hydrogens (tertiary/aromatic N) is 2. The Morgan fingerprint density at radius 1 is 1.44 bits per heavy atom. The summed E-state index contributed by atoms with van der Waals surface area (Å²) in [7, 11) is 2.18. The van der Waals surface area contributed by atoms with Crippen LogP contribution in [0.25, 0.3) is 0 Å². The van der Waals surface area contributed by atoms with Gasteiger partial charge in [-0.15, -0.1) is 0 Å². The number of primary amides is 1. The second kappa shape index (κ2) is 5.99. The lowest BCUT2D eigenvalue weighted by Gasteiger charge is -2.40. The Balaban J connectivity index is 1.84. The first-order valence-electron chi connectivity index (χ1n) is 7.08. The largest absolute Gasteiger partial charge is 0.368 e. The molecule has 0 bridgehead atoms. The number of hydrogen-bond acceptors (Lipinski definition) is 4. The highest BCUT2D eigenvalue weighted by molar-refractivity contribution is 5.80. The van der Waals surface area contributed by atoms with Crippen molar-refractivity contribution in [1.82, 2.24) is 15.1 Å². The Labute approximate surface area is 110 Å². The van der Waals surface area contributed by atoms with Gasteiger partial charge in [-0.3, -0.25) is 9.69 Å². The van der Waals surface area contributed by atoms with Gasteiger partial charge in [-0.2, -0.15) is 0 Å². The fraction of sp³-hybridized carbons (Fsp3) is 0.923. The molecule has 1 heterocycles. The number of nitrogens with one attached hydrogen (secondary N) is 1. The lowest BCUT2D eigenvalue weighted by Crippen LogP contribution is -2.56. The fourth-order valence-electron chi connectivity index (χ4n) is 2.63. The molecule has 104 valence electrons. The third-order valence-corrected chi connectivity index (χ3v) is 4.13. The molecule has 0 radical (unpaired) electrons. The predicted molar refractivity (Wildman–Crippen MR) is 72.3 cm³/mol. The van der Waals surface area contributed by atoms with Crippen LogP contribution < -0.4 is 11.1 Å². The molecule has 18 heavy (non-hydrogen) atoms. The van der Waals surface area contributed by atoms with E-state index in [4.69, 9.17) is 5.73 Å². The van der Waals surface area contributed by atoms with E-state index in [-0.39, 0.29) is 11.9 Å². The van der Waals surface area contributed by atoms with E-state index >= 15 is 0 Å². The first kappa shape index (κ1) is 13.8. The van der Waals surface area contributed by atoms with Gasteiger partial charge in [-0.05, 0) is 26.3 Å². The minimum atomic E-state index is -0.214. The highest BCUT2D eigenvalue weighted by Gasteiger charge is 2.30. The Kier molecular flexibility index (Phi) is 4.59. The van der Waals surface area contributed by atoms with Gasteiger partial charge in [0.2, 0.25) is 5.91 Å². The molecule has 2 atom stereocenters. The molecule has 2 fully saturated rings. The van der Waals surface area contributed by atoms with Gasteiger partial charge < -0.3 is 16.0 Å². The maximum Gasteiger partial charge on any atom is 0.235 e. The summed E-state index contributed by atoms with van der Waals surface area (Å²) in [5.74, 6) is -0.214. The Hall–Kier alpha value is -0.650. The standard InChI is InChI=1S/C13H26N4O/c1-3-11-8-17(7-6-16(11)2)9-12(13(14)18)15-10-4-5-10/h10-12,15H,3-9H2,1-2H3,(H2,14,18). The van der Waals surface area contributed by atoms with Gasteiger partial charge in [0.25, 0.3) is 0 Å². The summed E-state index contributed by atoms with van der Waals surface area (Å²) in [6, 6.07) is 0.948. The van der Waals surface area contributed by atoms with E-state index in [1.807, 2.05) is 0 Å². The number of likely N-dealkylation sites (N-methyl/N-ethyl adjacent to an activating group) is 1. The van der Waals surface area contributed by atoms with Gasteiger partial charge in [0.15, 0.2) is 0 Å². The van der Waals surface area contributed by atoms with Crippen LogP contribution in [0.4, 0.5) is 0 Å². The summed E-state index contributed by atoms with van der Waals surface area (Å²) in [5.41, 5.74) is 5.49. The number of rotatable bonds is 6. The highest BCUT2D eigenvalue weighted by atomic mass is 16.1. The zero-order chi connectivity index (χ0) is 13.1. The molecule has 3 N–H and O–H groups in total. The third kappa shape index (κ3) is 3.67. The molecule has 5 nitrogen and oxygen atoms in total. The minimum absolute atomic E-state index is 0.182. The van der Waals surface area contributed by atoms with Crippen molar-refractivity contribution in [3.63, 3.8) is 0 Å². The average molecular weight is 254 g/mol. The molecule has 1 saturated heterocycles. The van der Waals surface area contributed by atoms with Crippen LogP contribution in [0.1, 0.15) is 26.2 Å². The minimum Gasteiger partial charge on any atom is -0.368 e. The van der Waals surface area contributed by atoms with E-state index < -0.39 is 0 Å². The number of amides is 1. The van der Waals surface area contributed by atoms with Crippen LogP contribution in [0, 0.1) is 0 Å². The molecular weight excluding hydrogens is 228 g/mol. The molecule has 0 aromatic rings. The van der Waals surface area contributed by atoms with Gasteiger partial charge >= 0.3 is 0 Å². The molecular formula is C13H26N4O. The second-order valence-corrected chi connectivity index (χ2v) is 5.70. The number of nitrogens with two attached hydrogens (primary N) is 1. The summed E-state index contributed by atoms with van der Waals surface area (Å²) in [6.07, 6.45) is 3.53. The van der Waals surface area contributed by atoms with Crippen molar-refractivity contribution in [2.45, 2.75) is 44.3 Å². The van der Waals surface area contributed by atoms with Crippen LogP contribution in [-0.4, -0.2) is 67.1 Å². The SMILES string of the molecule is CCC1CN(CC(NC2CC2)C(N)=O)CCN1C. The molecule has 1 aliphatic heterocycles. The van der Waals surface area contributed by atoms with Crippen LogP contribution in [0.5, 0.6) is 0 Å². The maximum atomic E-state index is 11.5. The third-order valence-electron chi connectivity index (χ3n) is 4.13. The van der Waals surface area contributed by atoms with Gasteiger partial charge in [0.05, 0.1) is 6.04 Å². The lowest BCUT2D eigenvalue weighted by molar-refractivity contribution is -0.120. The van der Waals surface area contributed by atoms with Crippen molar-refractivity contribution in [3.05, 3.63) is 0 Å². The van der Waals surface area contributed by atoms with Crippen LogP contribution in [0.15, 0.2) is 0 Å². The number of piperazine rings is 1. The molecule has 0 aromatic carbocycles. The first-order valence-corrected chi connectivity index (χ1v) is 7.08. The average Bonchev–Trinajstić information content (AvgIpc) is 3.14. The van der Waals surface area contributed by atoms with Crippen LogP contribution in [-0.2, 0) is 4.79 Å². The van der Waals surface area contributed by atoms with Crippen molar-refractivity contribution >= 4 is 5.91 Å². The van der Waals surface area contributed by atoms with Crippen LogP contribution >= 0.6 is 0 Å². The Morgan fingerprint density at radius 3 is 2.72 bits per heavy atom. The highest BCUT2D eigenvalue weighted by Crippen LogP contribution is 2.20. The summed E-state index contributed by atoms with van der Waals surface area (Å²) < 4.78 is 0. The van der Waals surface area contributed by atoms with Gasteiger partial charge in [-0.1, -0.05) is 6.92 Å².